The largest absolute Gasteiger partial charge is 0.573 e. The van der Waals surface area contributed by atoms with Crippen LogP contribution in [0.3, 0.4) is 0 Å². The fraction of sp³-hybridized carbons (Fsp3) is 0.462. The van der Waals surface area contributed by atoms with Crippen LogP contribution in [-0.2, 0) is 0 Å². The van der Waals surface area contributed by atoms with E-state index in [-0.39, 0.29) is 5.56 Å². The Morgan fingerprint density at radius 1 is 1.37 bits per heavy atom. The summed E-state index contributed by atoms with van der Waals surface area (Å²) in [6.07, 6.45) is -5.91. The Morgan fingerprint density at radius 3 is 2.42 bits per heavy atom. The minimum absolute atomic E-state index is 0.0503. The third-order valence-electron chi connectivity index (χ3n) is 3.03. The van der Waals surface area contributed by atoms with Crippen molar-refractivity contribution < 1.29 is 23.0 Å². The van der Waals surface area contributed by atoms with Gasteiger partial charge in [-0.15, -0.1) is 13.2 Å². The van der Waals surface area contributed by atoms with Crippen molar-refractivity contribution in [3.63, 3.8) is 0 Å². The molecule has 2 unspecified atom stereocenters. The SMILES string of the molecule is CCC(C)(C#N)C(O)c1ccccc1OC(F)(F)F. The number of aliphatic hydroxyl groups is 1. The van der Waals surface area contributed by atoms with E-state index in [1.807, 2.05) is 6.07 Å². The Balaban J connectivity index is 3.18. The van der Waals surface area contributed by atoms with Crippen molar-refractivity contribution in [3.05, 3.63) is 29.8 Å². The van der Waals surface area contributed by atoms with Crippen LogP contribution < -0.4 is 4.74 Å². The monoisotopic (exact) mass is 273 g/mol. The standard InChI is InChI=1S/C13H14F3NO2/c1-3-12(2,8-17)11(18)9-6-4-5-7-10(9)19-13(14,15)16/h4-7,11,18H,3H2,1-2H3. The van der Waals surface area contributed by atoms with Crippen molar-refractivity contribution in [1.82, 2.24) is 0 Å². The molecule has 0 aliphatic carbocycles. The second kappa shape index (κ2) is 5.49. The van der Waals surface area contributed by atoms with Gasteiger partial charge in [-0.1, -0.05) is 25.1 Å². The first-order valence-corrected chi connectivity index (χ1v) is 5.67. The highest BCUT2D eigenvalue weighted by Gasteiger charge is 2.37. The van der Waals surface area contributed by atoms with Gasteiger partial charge in [0.15, 0.2) is 0 Å². The Bertz CT molecular complexity index is 482. The summed E-state index contributed by atoms with van der Waals surface area (Å²) in [5, 5.41) is 19.2. The van der Waals surface area contributed by atoms with Crippen LogP contribution in [0.5, 0.6) is 5.75 Å². The van der Waals surface area contributed by atoms with Crippen LogP contribution in [0.2, 0.25) is 0 Å². The van der Waals surface area contributed by atoms with E-state index < -0.39 is 23.6 Å². The molecule has 1 N–H and O–H groups in total. The van der Waals surface area contributed by atoms with Gasteiger partial charge in [0.1, 0.15) is 11.9 Å². The fourth-order valence-corrected chi connectivity index (χ4v) is 1.60. The number of aliphatic hydroxyl groups excluding tert-OH is 1. The zero-order valence-electron chi connectivity index (χ0n) is 10.5. The van der Waals surface area contributed by atoms with Crippen LogP contribution in [0, 0.1) is 16.7 Å². The topological polar surface area (TPSA) is 53.2 Å². The van der Waals surface area contributed by atoms with Crippen LogP contribution in [0.25, 0.3) is 0 Å². The number of nitrogens with zero attached hydrogens (tertiary/aromatic N) is 1. The maximum atomic E-state index is 12.3. The first-order valence-electron chi connectivity index (χ1n) is 5.67. The Labute approximate surface area is 109 Å². The molecule has 1 rings (SSSR count). The molecule has 0 saturated carbocycles. The van der Waals surface area contributed by atoms with Crippen LogP contribution in [0.1, 0.15) is 31.9 Å². The third-order valence-corrected chi connectivity index (χ3v) is 3.03. The van der Waals surface area contributed by atoms with E-state index in [4.69, 9.17) is 5.26 Å². The number of nitriles is 1. The molecule has 0 aliphatic heterocycles. The van der Waals surface area contributed by atoms with Crippen molar-refractivity contribution in [2.24, 2.45) is 5.41 Å². The Kier molecular flexibility index (Phi) is 4.43. The molecule has 0 radical (unpaired) electrons. The van der Waals surface area contributed by atoms with Crippen LogP contribution in [0.4, 0.5) is 13.2 Å². The fourth-order valence-electron chi connectivity index (χ4n) is 1.60. The molecule has 0 aliphatic rings. The second-order valence-electron chi connectivity index (χ2n) is 4.37. The molecule has 1 aromatic rings. The number of hydrogen-bond donors (Lipinski definition) is 1. The second-order valence-corrected chi connectivity index (χ2v) is 4.37. The zero-order valence-corrected chi connectivity index (χ0v) is 10.5. The summed E-state index contributed by atoms with van der Waals surface area (Å²) in [6.45, 7) is 3.17. The van der Waals surface area contributed by atoms with Crippen molar-refractivity contribution >= 4 is 0 Å². The highest BCUT2D eigenvalue weighted by Crippen LogP contribution is 2.40. The number of hydrogen-bond acceptors (Lipinski definition) is 3. The third kappa shape index (κ3) is 3.61. The van der Waals surface area contributed by atoms with Gasteiger partial charge in [0.05, 0.1) is 11.5 Å². The predicted octanol–water partition coefficient (Wildman–Crippen LogP) is 3.56. The minimum atomic E-state index is -4.84. The molecule has 0 aromatic heterocycles. The molecular weight excluding hydrogens is 259 g/mol. The Morgan fingerprint density at radius 2 is 1.95 bits per heavy atom. The molecule has 1 aromatic carbocycles. The molecule has 2 atom stereocenters. The number of benzene rings is 1. The average Bonchev–Trinajstić information content (AvgIpc) is 2.36. The molecule has 0 bridgehead atoms. The molecular formula is C13H14F3NO2. The summed E-state index contributed by atoms with van der Waals surface area (Å²) in [7, 11) is 0. The van der Waals surface area contributed by atoms with E-state index in [1.165, 1.54) is 25.1 Å². The molecule has 19 heavy (non-hydrogen) atoms. The number of para-hydroxylation sites is 1. The number of halogens is 3. The molecule has 0 saturated heterocycles. The van der Waals surface area contributed by atoms with Crippen molar-refractivity contribution in [3.8, 4) is 11.8 Å². The first kappa shape index (κ1) is 15.3. The van der Waals surface area contributed by atoms with E-state index in [1.54, 1.807) is 6.92 Å². The van der Waals surface area contributed by atoms with E-state index >= 15 is 0 Å². The van der Waals surface area contributed by atoms with Gasteiger partial charge >= 0.3 is 6.36 Å². The molecule has 3 nitrogen and oxygen atoms in total. The van der Waals surface area contributed by atoms with Gasteiger partial charge in [0, 0.05) is 5.56 Å². The van der Waals surface area contributed by atoms with E-state index in [2.05, 4.69) is 4.74 Å². The summed E-state index contributed by atoms with van der Waals surface area (Å²) in [4.78, 5) is 0. The maximum absolute atomic E-state index is 12.3. The van der Waals surface area contributed by atoms with Gasteiger partial charge in [-0.2, -0.15) is 5.26 Å². The van der Waals surface area contributed by atoms with Gasteiger partial charge in [0.2, 0.25) is 0 Å². The Hall–Kier alpha value is -1.74. The van der Waals surface area contributed by atoms with Crippen LogP contribution >= 0.6 is 0 Å². The molecule has 6 heteroatoms. The van der Waals surface area contributed by atoms with Crippen molar-refractivity contribution in [2.75, 3.05) is 0 Å². The molecule has 0 spiro atoms. The summed E-state index contributed by atoms with van der Waals surface area (Å²) < 4.78 is 40.7. The number of rotatable bonds is 4. The summed E-state index contributed by atoms with van der Waals surface area (Å²) in [5.41, 5.74) is -1.23. The summed E-state index contributed by atoms with van der Waals surface area (Å²) in [5.74, 6) is -0.488. The number of alkyl halides is 3. The van der Waals surface area contributed by atoms with Gasteiger partial charge < -0.3 is 9.84 Å². The predicted molar refractivity (Wildman–Crippen MR) is 62.1 cm³/mol. The average molecular weight is 273 g/mol. The normalized spacial score (nSPS) is 16.3. The minimum Gasteiger partial charge on any atom is -0.405 e. The highest BCUT2D eigenvalue weighted by atomic mass is 19.4. The lowest BCUT2D eigenvalue weighted by molar-refractivity contribution is -0.275. The van der Waals surface area contributed by atoms with E-state index in [0.717, 1.165) is 6.07 Å². The molecule has 104 valence electrons. The lowest BCUT2D eigenvalue weighted by Crippen LogP contribution is -2.25. The van der Waals surface area contributed by atoms with E-state index in [0.29, 0.717) is 6.42 Å². The van der Waals surface area contributed by atoms with Crippen LogP contribution in [-0.4, -0.2) is 11.5 Å². The van der Waals surface area contributed by atoms with Crippen LogP contribution in [0.15, 0.2) is 24.3 Å². The van der Waals surface area contributed by atoms with Crippen molar-refractivity contribution in [1.29, 1.82) is 5.26 Å². The van der Waals surface area contributed by atoms with Crippen molar-refractivity contribution in [2.45, 2.75) is 32.7 Å². The van der Waals surface area contributed by atoms with Gasteiger partial charge in [-0.3, -0.25) is 0 Å². The molecule has 0 amide bonds. The number of ether oxygens (including phenoxy) is 1. The van der Waals surface area contributed by atoms with Gasteiger partial charge in [-0.25, -0.2) is 0 Å². The molecule has 0 fully saturated rings. The maximum Gasteiger partial charge on any atom is 0.573 e. The first-order chi connectivity index (χ1) is 8.73. The summed E-state index contributed by atoms with van der Waals surface area (Å²) >= 11 is 0. The summed E-state index contributed by atoms with van der Waals surface area (Å²) in [6, 6.07) is 7.21. The zero-order chi connectivity index (χ0) is 14.7. The van der Waals surface area contributed by atoms with E-state index in [9.17, 15) is 18.3 Å². The quantitative estimate of drug-likeness (QED) is 0.912. The molecule has 0 heterocycles. The lowest BCUT2D eigenvalue weighted by atomic mass is 9.79. The smallest absolute Gasteiger partial charge is 0.405 e. The lowest BCUT2D eigenvalue weighted by Gasteiger charge is -2.28. The van der Waals surface area contributed by atoms with Gasteiger partial charge in [0.25, 0.3) is 0 Å². The highest BCUT2D eigenvalue weighted by molar-refractivity contribution is 5.37. The van der Waals surface area contributed by atoms with Gasteiger partial charge in [-0.05, 0) is 19.4 Å².